The minimum absolute atomic E-state index is 0.0154. The van der Waals surface area contributed by atoms with Gasteiger partial charge in [0.2, 0.25) is 5.91 Å². The Labute approximate surface area is 223 Å². The molecule has 0 unspecified atom stereocenters. The highest BCUT2D eigenvalue weighted by atomic mass is 16.6. The second-order valence-electron chi connectivity index (χ2n) is 9.30. The predicted molar refractivity (Wildman–Crippen MR) is 144 cm³/mol. The van der Waals surface area contributed by atoms with Crippen molar-refractivity contribution in [1.29, 1.82) is 5.41 Å². The SMILES string of the molecule is CC(C)(C)OC(=O)c1ccc(C(=N)N)cc1Oc1nc(Oc2cccc(N=C(N)N)c2)nc2c1NC(=O)CN2. The number of ether oxygens (including phenoxy) is 3. The number of benzene rings is 2. The number of aromatic nitrogens is 2. The summed E-state index contributed by atoms with van der Waals surface area (Å²) in [4.78, 5) is 37.7. The van der Waals surface area contributed by atoms with E-state index in [1.807, 2.05) is 0 Å². The third-order valence-electron chi connectivity index (χ3n) is 4.94. The Morgan fingerprint density at radius 2 is 1.85 bits per heavy atom. The maximum absolute atomic E-state index is 13.0. The largest absolute Gasteiger partial charge is 0.456 e. The van der Waals surface area contributed by atoms with Crippen LogP contribution in [-0.4, -0.2) is 45.8 Å². The molecule has 39 heavy (non-hydrogen) atoms. The van der Waals surface area contributed by atoms with Crippen LogP contribution in [0, 0.1) is 5.41 Å². The number of anilines is 2. The van der Waals surface area contributed by atoms with Crippen LogP contribution in [0.15, 0.2) is 47.5 Å². The highest BCUT2D eigenvalue weighted by Crippen LogP contribution is 2.39. The molecule has 0 bridgehead atoms. The average molecular weight is 534 g/mol. The number of nitrogens with one attached hydrogen (secondary N) is 3. The molecular formula is C25H27N9O5. The van der Waals surface area contributed by atoms with Gasteiger partial charge in [-0.3, -0.25) is 10.2 Å². The Kier molecular flexibility index (Phi) is 7.20. The summed E-state index contributed by atoms with van der Waals surface area (Å²) in [5.41, 5.74) is 16.7. The third kappa shape index (κ3) is 6.68. The summed E-state index contributed by atoms with van der Waals surface area (Å²) in [6.45, 7) is 5.13. The smallest absolute Gasteiger partial charge is 0.342 e. The molecule has 0 atom stereocenters. The summed E-state index contributed by atoms with van der Waals surface area (Å²) >= 11 is 0. The second-order valence-corrected chi connectivity index (χ2v) is 9.30. The Morgan fingerprint density at radius 3 is 2.54 bits per heavy atom. The van der Waals surface area contributed by atoms with Crippen molar-refractivity contribution >= 4 is 40.9 Å². The first-order valence-corrected chi connectivity index (χ1v) is 11.6. The number of hydrogen-bond acceptors (Lipinski definition) is 10. The first-order chi connectivity index (χ1) is 18.4. The summed E-state index contributed by atoms with van der Waals surface area (Å²) in [7, 11) is 0. The lowest BCUT2D eigenvalue weighted by Crippen LogP contribution is -2.29. The van der Waals surface area contributed by atoms with Crippen molar-refractivity contribution in [3.63, 3.8) is 0 Å². The molecule has 0 saturated heterocycles. The molecule has 14 heteroatoms. The lowest BCUT2D eigenvalue weighted by molar-refractivity contribution is -0.114. The van der Waals surface area contributed by atoms with Crippen LogP contribution in [0.4, 0.5) is 17.2 Å². The number of aliphatic imine (C=N–C) groups is 1. The Hall–Kier alpha value is -5.40. The second kappa shape index (κ2) is 10.5. The first-order valence-electron chi connectivity index (χ1n) is 11.6. The number of amidine groups is 1. The molecule has 0 saturated carbocycles. The van der Waals surface area contributed by atoms with Gasteiger partial charge < -0.3 is 42.0 Å². The van der Waals surface area contributed by atoms with Crippen LogP contribution >= 0.6 is 0 Å². The molecule has 4 rings (SSSR count). The molecule has 3 aromatic rings. The van der Waals surface area contributed by atoms with E-state index in [1.165, 1.54) is 18.2 Å². The summed E-state index contributed by atoms with van der Waals surface area (Å²) in [6.07, 6.45) is 0. The summed E-state index contributed by atoms with van der Waals surface area (Å²) in [6, 6.07) is 10.7. The van der Waals surface area contributed by atoms with E-state index in [0.717, 1.165) is 0 Å². The molecule has 9 N–H and O–H groups in total. The van der Waals surface area contributed by atoms with Gasteiger partial charge in [0, 0.05) is 11.6 Å². The molecule has 2 aromatic carbocycles. The van der Waals surface area contributed by atoms with E-state index in [1.54, 1.807) is 45.0 Å². The van der Waals surface area contributed by atoms with Gasteiger partial charge in [-0.25, -0.2) is 9.79 Å². The first kappa shape index (κ1) is 26.7. The van der Waals surface area contributed by atoms with Crippen molar-refractivity contribution in [2.24, 2.45) is 22.2 Å². The lowest BCUT2D eigenvalue weighted by atomic mass is 10.1. The van der Waals surface area contributed by atoms with Gasteiger partial charge in [0.25, 0.3) is 5.88 Å². The fourth-order valence-electron chi connectivity index (χ4n) is 3.38. The highest BCUT2D eigenvalue weighted by molar-refractivity contribution is 6.02. The number of fused-ring (bicyclic) bond motifs is 1. The number of hydrogen-bond donors (Lipinski definition) is 6. The number of nitrogen functional groups attached to an aromatic ring is 1. The molecule has 2 heterocycles. The van der Waals surface area contributed by atoms with Crippen molar-refractivity contribution in [3.8, 4) is 23.4 Å². The Bertz CT molecular complexity index is 1490. The Morgan fingerprint density at radius 1 is 1.08 bits per heavy atom. The number of nitrogens with two attached hydrogens (primary N) is 3. The zero-order valence-corrected chi connectivity index (χ0v) is 21.4. The van der Waals surface area contributed by atoms with Crippen LogP contribution in [0.2, 0.25) is 0 Å². The zero-order valence-electron chi connectivity index (χ0n) is 21.4. The average Bonchev–Trinajstić information content (AvgIpc) is 2.83. The van der Waals surface area contributed by atoms with Gasteiger partial charge in [-0.15, -0.1) is 0 Å². The van der Waals surface area contributed by atoms with Gasteiger partial charge >= 0.3 is 12.0 Å². The normalized spacial score (nSPS) is 12.3. The predicted octanol–water partition coefficient (Wildman–Crippen LogP) is 2.57. The standard InChI is InChI=1S/C25H27N9O5/c1-25(2,3)39-22(36)15-8-7-12(19(26)27)9-16(15)38-21-18-20(30-11-17(35)32-18)33-24(34-21)37-14-6-4-5-13(10-14)31-23(28)29/h4-10H,11H2,1-3H3,(H3,26,27)(H,32,35)(H4,28,29,31)(H,30,33,34). The van der Waals surface area contributed by atoms with Gasteiger partial charge in [0.15, 0.2) is 11.8 Å². The van der Waals surface area contributed by atoms with Gasteiger partial charge in [-0.05, 0) is 45.0 Å². The van der Waals surface area contributed by atoms with Crippen LogP contribution in [0.25, 0.3) is 0 Å². The number of esters is 1. The van der Waals surface area contributed by atoms with Crippen LogP contribution in [-0.2, 0) is 9.53 Å². The molecule has 1 aliphatic rings. The number of carbonyl (C=O) groups is 2. The van der Waals surface area contributed by atoms with E-state index in [-0.39, 0.29) is 64.5 Å². The van der Waals surface area contributed by atoms with Gasteiger partial charge in [0.1, 0.15) is 34.2 Å². The maximum atomic E-state index is 13.0. The summed E-state index contributed by atoms with van der Waals surface area (Å²) in [5, 5.41) is 13.3. The quantitative estimate of drug-likeness (QED) is 0.147. The molecule has 0 aliphatic carbocycles. The van der Waals surface area contributed by atoms with Crippen LogP contribution < -0.4 is 37.3 Å². The number of amides is 1. The zero-order chi connectivity index (χ0) is 28.3. The third-order valence-corrected chi connectivity index (χ3v) is 4.94. The molecule has 14 nitrogen and oxygen atoms in total. The van der Waals surface area contributed by atoms with Crippen molar-refractivity contribution in [2.45, 2.75) is 26.4 Å². The van der Waals surface area contributed by atoms with Crippen LogP contribution in [0.3, 0.4) is 0 Å². The van der Waals surface area contributed by atoms with E-state index >= 15 is 0 Å². The van der Waals surface area contributed by atoms with E-state index in [0.29, 0.717) is 11.4 Å². The Balaban J connectivity index is 1.77. The summed E-state index contributed by atoms with van der Waals surface area (Å²) < 4.78 is 17.4. The van der Waals surface area contributed by atoms with Crippen molar-refractivity contribution in [3.05, 3.63) is 53.6 Å². The minimum Gasteiger partial charge on any atom is -0.456 e. The fourth-order valence-corrected chi connectivity index (χ4v) is 3.38. The summed E-state index contributed by atoms with van der Waals surface area (Å²) in [5.74, 6) is -1.03. The van der Waals surface area contributed by atoms with E-state index < -0.39 is 11.6 Å². The maximum Gasteiger partial charge on any atom is 0.342 e. The van der Waals surface area contributed by atoms with E-state index in [9.17, 15) is 9.59 Å². The molecule has 0 spiro atoms. The number of carbonyl (C=O) groups excluding carboxylic acids is 2. The molecule has 0 fully saturated rings. The fraction of sp³-hybridized carbons (Fsp3) is 0.200. The number of rotatable bonds is 7. The van der Waals surface area contributed by atoms with E-state index in [2.05, 4.69) is 25.6 Å². The van der Waals surface area contributed by atoms with Gasteiger partial charge in [-0.1, -0.05) is 12.1 Å². The lowest BCUT2D eigenvalue weighted by Gasteiger charge is -2.22. The molecule has 1 aliphatic heterocycles. The monoisotopic (exact) mass is 533 g/mol. The van der Waals surface area contributed by atoms with Crippen molar-refractivity contribution in [2.75, 3.05) is 17.2 Å². The number of guanidine groups is 1. The van der Waals surface area contributed by atoms with Crippen molar-refractivity contribution < 1.29 is 23.8 Å². The van der Waals surface area contributed by atoms with Crippen molar-refractivity contribution in [1.82, 2.24) is 9.97 Å². The highest BCUT2D eigenvalue weighted by Gasteiger charge is 2.27. The number of nitrogens with zero attached hydrogens (tertiary/aromatic N) is 3. The molecule has 1 aromatic heterocycles. The van der Waals surface area contributed by atoms with E-state index in [4.69, 9.17) is 36.8 Å². The molecule has 0 radical (unpaired) electrons. The van der Waals surface area contributed by atoms with Crippen LogP contribution in [0.1, 0.15) is 36.7 Å². The minimum atomic E-state index is -0.784. The molecule has 1 amide bonds. The topological polar surface area (TPSA) is 226 Å². The van der Waals surface area contributed by atoms with Gasteiger partial charge in [0.05, 0.1) is 12.2 Å². The molecular weight excluding hydrogens is 506 g/mol. The molecule has 202 valence electrons. The van der Waals surface area contributed by atoms with Crippen LogP contribution in [0.5, 0.6) is 23.4 Å². The van der Waals surface area contributed by atoms with Gasteiger partial charge in [-0.2, -0.15) is 9.97 Å².